The van der Waals surface area contributed by atoms with Crippen LogP contribution in [0.3, 0.4) is 0 Å². The second-order valence-electron chi connectivity index (χ2n) is 4.69. The molecule has 0 amide bonds. The van der Waals surface area contributed by atoms with Crippen LogP contribution in [0, 0.1) is 17.2 Å². The van der Waals surface area contributed by atoms with Crippen LogP contribution in [0.5, 0.6) is 5.75 Å². The average molecular weight is 309 g/mol. The molecule has 0 spiro atoms. The summed E-state index contributed by atoms with van der Waals surface area (Å²) in [6.45, 7) is 0.656. The quantitative estimate of drug-likeness (QED) is 0.932. The zero-order valence-electron chi connectivity index (χ0n) is 10.2. The molecule has 2 unspecified atom stereocenters. The normalized spacial score (nSPS) is 23.4. The molecule has 18 heavy (non-hydrogen) atoms. The van der Waals surface area contributed by atoms with E-state index < -0.39 is 0 Å². The summed E-state index contributed by atoms with van der Waals surface area (Å²) in [5.74, 6) is 1.08. The highest BCUT2D eigenvalue weighted by atomic mass is 79.9. The molecule has 1 aliphatic carbocycles. The molecule has 0 bridgehead atoms. The van der Waals surface area contributed by atoms with E-state index in [2.05, 4.69) is 22.0 Å². The van der Waals surface area contributed by atoms with Crippen LogP contribution in [-0.2, 0) is 0 Å². The van der Waals surface area contributed by atoms with Crippen molar-refractivity contribution in [1.29, 1.82) is 5.26 Å². The van der Waals surface area contributed by atoms with Gasteiger partial charge in [-0.25, -0.2) is 0 Å². The molecule has 0 saturated heterocycles. The van der Waals surface area contributed by atoms with Crippen molar-refractivity contribution in [1.82, 2.24) is 0 Å². The molecule has 0 aliphatic heterocycles. The number of hydrogen-bond donors (Lipinski definition) is 1. The first-order valence-electron chi connectivity index (χ1n) is 6.31. The molecule has 1 aromatic carbocycles. The minimum Gasteiger partial charge on any atom is -0.489 e. The zero-order valence-corrected chi connectivity index (χ0v) is 11.8. The monoisotopic (exact) mass is 308 g/mol. The highest BCUT2D eigenvalue weighted by Crippen LogP contribution is 2.30. The molecule has 1 aromatic rings. The predicted molar refractivity (Wildman–Crippen MR) is 74.3 cm³/mol. The zero-order chi connectivity index (χ0) is 13.0. The number of benzene rings is 1. The Morgan fingerprint density at radius 2 is 2.17 bits per heavy atom. The maximum Gasteiger partial charge on any atom is 0.137 e. The largest absolute Gasteiger partial charge is 0.489 e. The lowest BCUT2D eigenvalue weighted by Crippen LogP contribution is -2.35. The Morgan fingerprint density at radius 3 is 2.89 bits per heavy atom. The first-order valence-corrected chi connectivity index (χ1v) is 7.10. The van der Waals surface area contributed by atoms with E-state index in [1.165, 1.54) is 12.8 Å². The molecule has 0 heterocycles. The van der Waals surface area contributed by atoms with Crippen LogP contribution in [0.2, 0.25) is 0 Å². The fraction of sp³-hybridized carbons (Fsp3) is 0.500. The van der Waals surface area contributed by atoms with Gasteiger partial charge >= 0.3 is 0 Å². The van der Waals surface area contributed by atoms with Crippen molar-refractivity contribution in [3.8, 4) is 11.8 Å². The fourth-order valence-corrected chi connectivity index (χ4v) is 2.81. The Labute approximate surface area is 116 Å². The second-order valence-corrected chi connectivity index (χ2v) is 5.60. The van der Waals surface area contributed by atoms with Gasteiger partial charge in [0.1, 0.15) is 17.9 Å². The van der Waals surface area contributed by atoms with Crippen molar-refractivity contribution in [2.45, 2.75) is 31.8 Å². The van der Waals surface area contributed by atoms with Crippen LogP contribution in [0.1, 0.15) is 31.2 Å². The summed E-state index contributed by atoms with van der Waals surface area (Å²) in [5, 5.41) is 9.12. The number of nitriles is 1. The van der Waals surface area contributed by atoms with Crippen LogP contribution in [-0.4, -0.2) is 12.6 Å². The van der Waals surface area contributed by atoms with Crippen molar-refractivity contribution in [3.05, 3.63) is 28.2 Å². The lowest BCUT2D eigenvalue weighted by atomic mass is 9.86. The van der Waals surface area contributed by atoms with Gasteiger partial charge in [0.25, 0.3) is 0 Å². The second kappa shape index (κ2) is 6.21. The molecule has 0 radical (unpaired) electrons. The van der Waals surface area contributed by atoms with Gasteiger partial charge in [-0.1, -0.05) is 22.4 Å². The molecule has 1 saturated carbocycles. The summed E-state index contributed by atoms with van der Waals surface area (Å²) in [6, 6.07) is 7.71. The summed E-state index contributed by atoms with van der Waals surface area (Å²) in [5.41, 5.74) is 6.36. The summed E-state index contributed by atoms with van der Waals surface area (Å²) >= 11 is 3.36. The highest BCUT2D eigenvalue weighted by molar-refractivity contribution is 9.10. The maximum atomic E-state index is 9.12. The van der Waals surface area contributed by atoms with E-state index in [1.54, 1.807) is 6.07 Å². The summed E-state index contributed by atoms with van der Waals surface area (Å²) in [7, 11) is 0. The Morgan fingerprint density at radius 1 is 1.39 bits per heavy atom. The number of rotatable bonds is 3. The van der Waals surface area contributed by atoms with Crippen LogP contribution in [0.15, 0.2) is 22.7 Å². The Balaban J connectivity index is 2.15. The van der Waals surface area contributed by atoms with Gasteiger partial charge < -0.3 is 10.5 Å². The van der Waals surface area contributed by atoms with Crippen molar-refractivity contribution >= 4 is 15.9 Å². The van der Waals surface area contributed by atoms with Gasteiger partial charge in [-0.2, -0.15) is 5.26 Å². The Kier molecular flexibility index (Phi) is 4.62. The van der Waals surface area contributed by atoms with Gasteiger partial charge in [0, 0.05) is 10.4 Å². The molecule has 4 heteroatoms. The number of nitrogens with zero attached hydrogens (tertiary/aromatic N) is 1. The molecule has 2 N–H and O–H groups in total. The van der Waals surface area contributed by atoms with Gasteiger partial charge in [0.2, 0.25) is 0 Å². The Hall–Kier alpha value is -1.05. The summed E-state index contributed by atoms with van der Waals surface area (Å²) < 4.78 is 6.91. The van der Waals surface area contributed by atoms with E-state index in [0.717, 1.165) is 17.3 Å². The first kappa shape index (κ1) is 13.4. The molecule has 1 fully saturated rings. The van der Waals surface area contributed by atoms with E-state index in [-0.39, 0.29) is 6.10 Å². The highest BCUT2D eigenvalue weighted by Gasteiger charge is 2.26. The molecule has 2 atom stereocenters. The maximum absolute atomic E-state index is 9.12. The third-order valence-electron chi connectivity index (χ3n) is 3.48. The van der Waals surface area contributed by atoms with Gasteiger partial charge in [-0.15, -0.1) is 0 Å². The van der Waals surface area contributed by atoms with Crippen molar-refractivity contribution in [2.24, 2.45) is 11.7 Å². The molecule has 1 aliphatic rings. The molecular weight excluding hydrogens is 292 g/mol. The van der Waals surface area contributed by atoms with E-state index in [4.69, 9.17) is 15.7 Å². The fourth-order valence-electron chi connectivity index (χ4n) is 2.45. The van der Waals surface area contributed by atoms with E-state index in [0.29, 0.717) is 23.8 Å². The molecule has 96 valence electrons. The van der Waals surface area contributed by atoms with Crippen LogP contribution in [0.4, 0.5) is 0 Å². The lowest BCUT2D eigenvalue weighted by Gasteiger charge is -2.31. The van der Waals surface area contributed by atoms with Gasteiger partial charge in [-0.05, 0) is 44.0 Å². The van der Waals surface area contributed by atoms with Crippen molar-refractivity contribution in [2.75, 3.05) is 6.54 Å². The standard InChI is InChI=1S/C14H17BrN2O/c15-12-5-6-14(11(7-12)9-17)18-13-4-2-1-3-10(13)8-16/h5-7,10,13H,1-4,8,16H2. The average Bonchev–Trinajstić information content (AvgIpc) is 2.41. The number of nitrogens with two attached hydrogens (primary N) is 1. The third-order valence-corrected chi connectivity index (χ3v) is 3.98. The van der Waals surface area contributed by atoms with Crippen LogP contribution in [0.25, 0.3) is 0 Å². The number of hydrogen-bond acceptors (Lipinski definition) is 3. The minimum atomic E-state index is 0.150. The van der Waals surface area contributed by atoms with Gasteiger partial charge in [0.15, 0.2) is 0 Å². The summed E-state index contributed by atoms with van der Waals surface area (Å²) in [6.07, 6.45) is 4.71. The molecule has 2 rings (SSSR count). The van der Waals surface area contributed by atoms with Gasteiger partial charge in [-0.3, -0.25) is 0 Å². The summed E-state index contributed by atoms with van der Waals surface area (Å²) in [4.78, 5) is 0. The van der Waals surface area contributed by atoms with Gasteiger partial charge in [0.05, 0.1) is 5.56 Å². The molecule has 0 aromatic heterocycles. The van der Waals surface area contributed by atoms with Crippen LogP contribution < -0.4 is 10.5 Å². The smallest absolute Gasteiger partial charge is 0.137 e. The number of ether oxygens (including phenoxy) is 1. The van der Waals surface area contributed by atoms with E-state index in [1.807, 2.05) is 12.1 Å². The number of halogens is 1. The third kappa shape index (κ3) is 3.04. The lowest BCUT2D eigenvalue weighted by molar-refractivity contribution is 0.0967. The molecule has 3 nitrogen and oxygen atoms in total. The van der Waals surface area contributed by atoms with E-state index in [9.17, 15) is 0 Å². The van der Waals surface area contributed by atoms with Crippen LogP contribution >= 0.6 is 15.9 Å². The first-order chi connectivity index (χ1) is 8.74. The topological polar surface area (TPSA) is 59.0 Å². The predicted octanol–water partition coefficient (Wildman–Crippen LogP) is 3.22. The van der Waals surface area contributed by atoms with E-state index >= 15 is 0 Å². The Bertz CT molecular complexity index is 456. The molecular formula is C14H17BrN2O. The van der Waals surface area contributed by atoms with Crippen molar-refractivity contribution in [3.63, 3.8) is 0 Å². The SMILES string of the molecule is N#Cc1cc(Br)ccc1OC1CCCCC1CN. The van der Waals surface area contributed by atoms with Crippen molar-refractivity contribution < 1.29 is 4.74 Å². The minimum absolute atomic E-state index is 0.150.